The Morgan fingerprint density at radius 2 is 1.77 bits per heavy atom. The summed E-state index contributed by atoms with van der Waals surface area (Å²) >= 11 is 0. The molecule has 3 rings (SSSR count). The van der Waals surface area contributed by atoms with Crippen LogP contribution in [0.15, 0.2) is 42.5 Å². The van der Waals surface area contributed by atoms with Crippen molar-refractivity contribution in [2.45, 2.75) is 38.5 Å². The van der Waals surface area contributed by atoms with Crippen LogP contribution < -0.4 is 4.74 Å². The smallest absolute Gasteiger partial charge is 0.335 e. The first-order chi connectivity index (χ1) is 10.5. The van der Waals surface area contributed by atoms with Crippen LogP contribution in [0.4, 0.5) is 0 Å². The van der Waals surface area contributed by atoms with Crippen molar-refractivity contribution < 1.29 is 14.6 Å². The molecule has 0 bridgehead atoms. The molecule has 1 N–H and O–H groups in total. The third-order valence-corrected chi connectivity index (χ3v) is 4.39. The maximum absolute atomic E-state index is 10.9. The van der Waals surface area contributed by atoms with Gasteiger partial charge in [0.2, 0.25) is 0 Å². The van der Waals surface area contributed by atoms with E-state index >= 15 is 0 Å². The van der Waals surface area contributed by atoms with Gasteiger partial charge in [-0.1, -0.05) is 19.9 Å². The van der Waals surface area contributed by atoms with Gasteiger partial charge in [0.25, 0.3) is 0 Å². The predicted octanol–water partition coefficient (Wildman–Crippen LogP) is 4.79. The normalized spacial score (nSPS) is 15.9. The summed E-state index contributed by atoms with van der Waals surface area (Å²) in [5.41, 5.74) is 3.26. The summed E-state index contributed by atoms with van der Waals surface area (Å²) in [7, 11) is 0. The minimum Gasteiger partial charge on any atom is -0.478 e. The van der Waals surface area contributed by atoms with Crippen LogP contribution in [-0.2, 0) is 11.8 Å². The van der Waals surface area contributed by atoms with Gasteiger partial charge in [-0.05, 0) is 72.2 Å². The van der Waals surface area contributed by atoms with Crippen molar-refractivity contribution in [1.82, 2.24) is 0 Å². The van der Waals surface area contributed by atoms with Crippen molar-refractivity contribution in [3.05, 3.63) is 59.2 Å². The Labute approximate surface area is 130 Å². The minimum absolute atomic E-state index is 0.231. The van der Waals surface area contributed by atoms with Crippen LogP contribution in [0, 0.1) is 0 Å². The molecule has 0 saturated heterocycles. The number of carboxylic acid groups (broad SMARTS) is 1. The lowest BCUT2D eigenvalue weighted by molar-refractivity contribution is 0.0697. The van der Waals surface area contributed by atoms with E-state index in [0.29, 0.717) is 5.75 Å². The van der Waals surface area contributed by atoms with Gasteiger partial charge in [-0.2, -0.15) is 0 Å². The van der Waals surface area contributed by atoms with Gasteiger partial charge < -0.3 is 9.84 Å². The number of aryl methyl sites for hydroxylation is 1. The fraction of sp³-hybridized carbons (Fsp3) is 0.316. The second-order valence-corrected chi connectivity index (χ2v) is 6.49. The van der Waals surface area contributed by atoms with Gasteiger partial charge in [0, 0.05) is 0 Å². The molecule has 0 unspecified atom stereocenters. The number of hydrogen-bond donors (Lipinski definition) is 1. The number of rotatable bonds is 3. The average molecular weight is 296 g/mol. The molecule has 0 aromatic heterocycles. The monoisotopic (exact) mass is 296 g/mol. The molecule has 0 heterocycles. The summed E-state index contributed by atoms with van der Waals surface area (Å²) in [6, 6.07) is 12.8. The fourth-order valence-electron chi connectivity index (χ4n) is 3.16. The van der Waals surface area contributed by atoms with Gasteiger partial charge in [0.15, 0.2) is 0 Å². The van der Waals surface area contributed by atoms with Gasteiger partial charge in [-0.25, -0.2) is 4.79 Å². The number of ether oxygens (including phenoxy) is 1. The molecule has 3 heteroatoms. The zero-order valence-electron chi connectivity index (χ0n) is 12.9. The molecule has 0 amide bonds. The minimum atomic E-state index is -0.928. The highest BCUT2D eigenvalue weighted by Crippen LogP contribution is 2.38. The summed E-state index contributed by atoms with van der Waals surface area (Å²) in [4.78, 5) is 10.9. The molecule has 2 aromatic rings. The Bertz CT molecular complexity index is 699. The van der Waals surface area contributed by atoms with Gasteiger partial charge in [0.05, 0.1) is 5.56 Å². The lowest BCUT2D eigenvalue weighted by atomic mass is 9.73. The zero-order valence-corrected chi connectivity index (χ0v) is 12.9. The summed E-state index contributed by atoms with van der Waals surface area (Å²) in [5.74, 6) is 0.530. The molecule has 0 radical (unpaired) electrons. The summed E-state index contributed by atoms with van der Waals surface area (Å²) in [5, 5.41) is 8.91. The Morgan fingerprint density at radius 3 is 2.45 bits per heavy atom. The maximum atomic E-state index is 10.9. The molecular weight excluding hydrogens is 276 g/mol. The van der Waals surface area contributed by atoms with E-state index in [1.807, 2.05) is 6.07 Å². The number of aromatic carboxylic acids is 1. The second-order valence-electron chi connectivity index (χ2n) is 6.49. The first kappa shape index (κ1) is 14.6. The van der Waals surface area contributed by atoms with Crippen LogP contribution in [0.3, 0.4) is 0 Å². The third kappa shape index (κ3) is 2.84. The van der Waals surface area contributed by atoms with Crippen LogP contribution in [0.2, 0.25) is 0 Å². The predicted molar refractivity (Wildman–Crippen MR) is 85.9 cm³/mol. The topological polar surface area (TPSA) is 46.5 Å². The second kappa shape index (κ2) is 5.48. The first-order valence-corrected chi connectivity index (χ1v) is 7.60. The molecule has 0 atom stereocenters. The zero-order chi connectivity index (χ0) is 15.7. The molecule has 0 spiro atoms. The lowest BCUT2D eigenvalue weighted by Gasteiger charge is -2.32. The molecule has 22 heavy (non-hydrogen) atoms. The molecule has 1 aliphatic carbocycles. The van der Waals surface area contributed by atoms with E-state index in [1.165, 1.54) is 24.0 Å². The number of hydrogen-bond acceptors (Lipinski definition) is 2. The molecule has 114 valence electrons. The van der Waals surface area contributed by atoms with Crippen LogP contribution >= 0.6 is 0 Å². The van der Waals surface area contributed by atoms with Crippen molar-refractivity contribution in [1.29, 1.82) is 0 Å². The SMILES string of the molecule is CC1(C)CCCc2cc(Oc3ccc(C(=O)O)cc3)ccc21. The maximum Gasteiger partial charge on any atom is 0.335 e. The molecule has 3 nitrogen and oxygen atoms in total. The van der Waals surface area contributed by atoms with E-state index in [4.69, 9.17) is 9.84 Å². The quantitative estimate of drug-likeness (QED) is 0.885. The van der Waals surface area contributed by atoms with E-state index in [1.54, 1.807) is 24.3 Å². The van der Waals surface area contributed by atoms with Crippen LogP contribution in [0.5, 0.6) is 11.5 Å². The van der Waals surface area contributed by atoms with Crippen molar-refractivity contribution >= 4 is 5.97 Å². The Balaban J connectivity index is 1.83. The highest BCUT2D eigenvalue weighted by molar-refractivity contribution is 5.87. The Morgan fingerprint density at radius 1 is 1.09 bits per heavy atom. The lowest BCUT2D eigenvalue weighted by Crippen LogP contribution is -2.23. The molecule has 0 fully saturated rings. The molecule has 0 aliphatic heterocycles. The third-order valence-electron chi connectivity index (χ3n) is 4.39. The molecule has 1 aliphatic rings. The van der Waals surface area contributed by atoms with Crippen LogP contribution in [-0.4, -0.2) is 11.1 Å². The highest BCUT2D eigenvalue weighted by Gasteiger charge is 2.27. The summed E-state index contributed by atoms with van der Waals surface area (Å²) in [6.07, 6.45) is 3.52. The summed E-state index contributed by atoms with van der Waals surface area (Å²) < 4.78 is 5.85. The molecule has 2 aromatic carbocycles. The van der Waals surface area contributed by atoms with Crippen molar-refractivity contribution in [2.24, 2.45) is 0 Å². The van der Waals surface area contributed by atoms with Gasteiger partial charge in [-0.3, -0.25) is 0 Å². The van der Waals surface area contributed by atoms with Gasteiger partial charge >= 0.3 is 5.97 Å². The number of carbonyl (C=O) groups is 1. The Kier molecular flexibility index (Phi) is 3.65. The van der Waals surface area contributed by atoms with Crippen LogP contribution in [0.1, 0.15) is 48.2 Å². The largest absolute Gasteiger partial charge is 0.478 e. The van der Waals surface area contributed by atoms with Crippen LogP contribution in [0.25, 0.3) is 0 Å². The van der Waals surface area contributed by atoms with E-state index in [9.17, 15) is 4.79 Å². The van der Waals surface area contributed by atoms with Crippen molar-refractivity contribution in [2.75, 3.05) is 0 Å². The van der Waals surface area contributed by atoms with E-state index in [2.05, 4.69) is 26.0 Å². The van der Waals surface area contributed by atoms with E-state index < -0.39 is 5.97 Å². The first-order valence-electron chi connectivity index (χ1n) is 7.60. The molecule has 0 saturated carbocycles. The fourth-order valence-corrected chi connectivity index (χ4v) is 3.16. The summed E-state index contributed by atoms with van der Waals surface area (Å²) in [6.45, 7) is 4.58. The van der Waals surface area contributed by atoms with Gasteiger partial charge in [-0.15, -0.1) is 0 Å². The average Bonchev–Trinajstić information content (AvgIpc) is 2.47. The standard InChI is InChI=1S/C19H20O3/c1-19(2)11-3-4-14-12-16(9-10-17(14)19)22-15-7-5-13(6-8-15)18(20)21/h5-10,12H,3-4,11H2,1-2H3,(H,20,21). The van der Waals surface area contributed by atoms with E-state index in [-0.39, 0.29) is 11.0 Å². The highest BCUT2D eigenvalue weighted by atomic mass is 16.5. The molecular formula is C19H20O3. The van der Waals surface area contributed by atoms with Crippen molar-refractivity contribution in [3.8, 4) is 11.5 Å². The Hall–Kier alpha value is -2.29. The van der Waals surface area contributed by atoms with Gasteiger partial charge in [0.1, 0.15) is 11.5 Å². The van der Waals surface area contributed by atoms with Crippen molar-refractivity contribution in [3.63, 3.8) is 0 Å². The number of benzene rings is 2. The number of carboxylic acids is 1. The van der Waals surface area contributed by atoms with E-state index in [0.717, 1.165) is 12.2 Å². The number of fused-ring (bicyclic) bond motifs is 1.